The van der Waals surface area contributed by atoms with Gasteiger partial charge in [-0.1, -0.05) is 49.6 Å². The zero-order valence-corrected chi connectivity index (χ0v) is 13.3. The smallest absolute Gasteiger partial charge is 0.0373 e. The highest BCUT2D eigenvalue weighted by atomic mass is 14.9. The van der Waals surface area contributed by atoms with Crippen LogP contribution >= 0.6 is 0 Å². The third-order valence-electron chi connectivity index (χ3n) is 5.37. The van der Waals surface area contributed by atoms with E-state index in [1.807, 2.05) is 0 Å². The van der Waals surface area contributed by atoms with Gasteiger partial charge in [0.2, 0.25) is 0 Å². The van der Waals surface area contributed by atoms with Gasteiger partial charge >= 0.3 is 0 Å². The average molecular weight is 291 g/mol. The van der Waals surface area contributed by atoms with Crippen molar-refractivity contribution >= 4 is 11.3 Å². The summed E-state index contributed by atoms with van der Waals surface area (Å²) in [5.74, 6) is 0.807. The lowest BCUT2D eigenvalue weighted by Crippen LogP contribution is -2.07. The number of rotatable bonds is 2. The van der Waals surface area contributed by atoms with Crippen LogP contribution in [0.5, 0.6) is 0 Å². The molecule has 3 aliphatic rings. The predicted octanol–water partition coefficient (Wildman–Crippen LogP) is 5.50. The maximum Gasteiger partial charge on any atom is 0.0373 e. The van der Waals surface area contributed by atoms with Crippen molar-refractivity contribution in [3.8, 4) is 0 Å². The van der Waals surface area contributed by atoms with Crippen molar-refractivity contribution in [3.63, 3.8) is 0 Å². The van der Waals surface area contributed by atoms with E-state index in [1.165, 1.54) is 54.5 Å². The highest BCUT2D eigenvalue weighted by Gasteiger charge is 2.17. The number of allylic oxidation sites excluding steroid dienone is 6. The van der Waals surface area contributed by atoms with Crippen molar-refractivity contribution in [2.24, 2.45) is 5.92 Å². The Balaban J connectivity index is 1.53. The van der Waals surface area contributed by atoms with Crippen LogP contribution in [0.3, 0.4) is 0 Å². The molecule has 1 aliphatic heterocycles. The maximum absolute atomic E-state index is 3.44. The molecule has 1 N–H and O–H groups in total. The number of hydrogen-bond acceptors (Lipinski definition) is 1. The second-order valence-corrected chi connectivity index (χ2v) is 6.82. The van der Waals surface area contributed by atoms with E-state index in [-0.39, 0.29) is 0 Å². The summed E-state index contributed by atoms with van der Waals surface area (Å²) in [7, 11) is 0. The quantitative estimate of drug-likeness (QED) is 0.758. The Bertz CT molecular complexity index is 642. The summed E-state index contributed by atoms with van der Waals surface area (Å²) in [6, 6.07) is 6.88. The number of hydrogen-bond donors (Lipinski definition) is 1. The molecule has 1 heteroatoms. The number of fused-ring (bicyclic) bond motifs is 1. The summed E-state index contributed by atoms with van der Waals surface area (Å²) < 4.78 is 0. The molecule has 2 aliphatic carbocycles. The van der Waals surface area contributed by atoms with Crippen LogP contribution in [0.15, 0.2) is 48.1 Å². The van der Waals surface area contributed by atoms with Gasteiger partial charge < -0.3 is 5.32 Å². The first-order valence-electron chi connectivity index (χ1n) is 8.85. The first kappa shape index (κ1) is 13.9. The van der Waals surface area contributed by atoms with E-state index in [1.54, 1.807) is 5.57 Å². The lowest BCUT2D eigenvalue weighted by molar-refractivity contribution is 0.408. The average Bonchev–Trinajstić information content (AvgIpc) is 2.90. The van der Waals surface area contributed by atoms with Gasteiger partial charge in [-0.25, -0.2) is 0 Å². The summed E-state index contributed by atoms with van der Waals surface area (Å²) in [6.45, 7) is 1.08. The van der Waals surface area contributed by atoms with Crippen molar-refractivity contribution in [1.82, 2.24) is 0 Å². The molecular weight excluding hydrogens is 266 g/mol. The molecule has 0 amide bonds. The second kappa shape index (κ2) is 6.16. The van der Waals surface area contributed by atoms with Gasteiger partial charge in [0.1, 0.15) is 0 Å². The molecule has 1 aromatic rings. The summed E-state index contributed by atoms with van der Waals surface area (Å²) in [5, 5.41) is 3.44. The molecule has 4 rings (SSSR count). The van der Waals surface area contributed by atoms with Gasteiger partial charge in [0.15, 0.2) is 0 Å². The van der Waals surface area contributed by atoms with E-state index in [0.717, 1.165) is 25.3 Å². The van der Waals surface area contributed by atoms with Crippen LogP contribution in [0.2, 0.25) is 0 Å². The number of nitrogens with one attached hydrogen (secondary N) is 1. The van der Waals surface area contributed by atoms with Crippen molar-refractivity contribution < 1.29 is 0 Å². The minimum Gasteiger partial charge on any atom is -0.384 e. The fraction of sp³-hybridized carbons (Fsp3) is 0.429. The molecule has 0 bridgehead atoms. The molecule has 1 saturated carbocycles. The monoisotopic (exact) mass is 291 g/mol. The van der Waals surface area contributed by atoms with Gasteiger partial charge in [-0.3, -0.25) is 0 Å². The van der Waals surface area contributed by atoms with Crippen LogP contribution in [0.1, 0.15) is 49.7 Å². The zero-order valence-electron chi connectivity index (χ0n) is 13.3. The highest BCUT2D eigenvalue weighted by Crippen LogP contribution is 2.33. The van der Waals surface area contributed by atoms with Crippen LogP contribution in [0.4, 0.5) is 5.69 Å². The molecular formula is C21H25N. The Hall–Kier alpha value is -1.76. The van der Waals surface area contributed by atoms with Crippen molar-refractivity contribution in [1.29, 1.82) is 0 Å². The third-order valence-corrected chi connectivity index (χ3v) is 5.37. The van der Waals surface area contributed by atoms with E-state index in [4.69, 9.17) is 0 Å². The van der Waals surface area contributed by atoms with Crippen LogP contribution in [0, 0.1) is 5.92 Å². The summed E-state index contributed by atoms with van der Waals surface area (Å²) in [6.07, 6.45) is 18.8. The van der Waals surface area contributed by atoms with E-state index >= 15 is 0 Å². The molecule has 0 radical (unpaired) electrons. The van der Waals surface area contributed by atoms with E-state index in [2.05, 4.69) is 47.8 Å². The summed E-state index contributed by atoms with van der Waals surface area (Å²) in [4.78, 5) is 0. The fourth-order valence-electron chi connectivity index (χ4n) is 4.08. The normalized spacial score (nSPS) is 21.6. The summed E-state index contributed by atoms with van der Waals surface area (Å²) in [5.41, 5.74) is 7.13. The molecule has 114 valence electrons. The largest absolute Gasteiger partial charge is 0.384 e. The first-order chi connectivity index (χ1) is 10.9. The molecule has 22 heavy (non-hydrogen) atoms. The standard InChI is InChI=1S/C21H25N/c1-2-5-16(6-3-1)17-7-4-8-18(10-9-17)19-11-12-21-20(15-19)13-14-22-21/h7-12,15-16,22H,1-6,13-14H2. The van der Waals surface area contributed by atoms with Gasteiger partial charge in [0, 0.05) is 12.2 Å². The third kappa shape index (κ3) is 2.77. The fourth-order valence-corrected chi connectivity index (χ4v) is 4.08. The van der Waals surface area contributed by atoms with Gasteiger partial charge in [-0.2, -0.15) is 0 Å². The molecule has 1 aromatic carbocycles. The Labute approximate surface area is 133 Å². The van der Waals surface area contributed by atoms with Crippen LogP contribution in [-0.2, 0) is 6.42 Å². The lowest BCUT2D eigenvalue weighted by atomic mass is 9.83. The SMILES string of the molecule is C1=CC(C2CCCCC2)=CCC=C1c1ccc2c(c1)CCN2. The molecule has 0 saturated heterocycles. The first-order valence-corrected chi connectivity index (χ1v) is 8.85. The predicted molar refractivity (Wildman–Crippen MR) is 95.0 cm³/mol. The Kier molecular flexibility index (Phi) is 3.88. The molecule has 1 nitrogen and oxygen atoms in total. The Morgan fingerprint density at radius 3 is 2.77 bits per heavy atom. The second-order valence-electron chi connectivity index (χ2n) is 6.82. The summed E-state index contributed by atoms with van der Waals surface area (Å²) >= 11 is 0. The molecule has 0 spiro atoms. The molecule has 0 unspecified atom stereocenters. The highest BCUT2D eigenvalue weighted by molar-refractivity contribution is 5.77. The molecule has 1 fully saturated rings. The van der Waals surface area contributed by atoms with Crippen LogP contribution in [0.25, 0.3) is 5.57 Å². The minimum atomic E-state index is 0.807. The van der Waals surface area contributed by atoms with E-state index in [0.29, 0.717) is 0 Å². The zero-order chi connectivity index (χ0) is 14.8. The van der Waals surface area contributed by atoms with Crippen LogP contribution in [-0.4, -0.2) is 6.54 Å². The Morgan fingerprint density at radius 1 is 0.955 bits per heavy atom. The topological polar surface area (TPSA) is 12.0 Å². The van der Waals surface area contributed by atoms with Gasteiger partial charge in [-0.05, 0) is 66.0 Å². The maximum atomic E-state index is 3.44. The molecule has 1 heterocycles. The van der Waals surface area contributed by atoms with Crippen molar-refractivity contribution in [2.45, 2.75) is 44.9 Å². The van der Waals surface area contributed by atoms with E-state index in [9.17, 15) is 0 Å². The molecule has 0 atom stereocenters. The molecule has 0 aromatic heterocycles. The van der Waals surface area contributed by atoms with Gasteiger partial charge in [0.25, 0.3) is 0 Å². The van der Waals surface area contributed by atoms with Crippen molar-refractivity contribution in [3.05, 3.63) is 59.2 Å². The van der Waals surface area contributed by atoms with Crippen LogP contribution < -0.4 is 5.32 Å². The number of benzene rings is 1. The van der Waals surface area contributed by atoms with Gasteiger partial charge in [0.05, 0.1) is 0 Å². The number of anilines is 1. The van der Waals surface area contributed by atoms with Gasteiger partial charge in [-0.15, -0.1) is 0 Å². The lowest BCUT2D eigenvalue weighted by Gasteiger charge is -2.22. The minimum absolute atomic E-state index is 0.807. The van der Waals surface area contributed by atoms with Crippen molar-refractivity contribution in [2.75, 3.05) is 11.9 Å². The Morgan fingerprint density at radius 2 is 1.86 bits per heavy atom. The van der Waals surface area contributed by atoms with E-state index < -0.39 is 0 Å².